The van der Waals surface area contributed by atoms with Crippen molar-refractivity contribution in [2.45, 2.75) is 26.3 Å². The van der Waals surface area contributed by atoms with Crippen molar-refractivity contribution in [1.82, 2.24) is 0 Å². The van der Waals surface area contributed by atoms with Gasteiger partial charge in [0.2, 0.25) is 0 Å². The van der Waals surface area contributed by atoms with Crippen molar-refractivity contribution >= 4 is 0 Å². The molecule has 1 unspecified atom stereocenters. The Morgan fingerprint density at radius 3 is 3.00 bits per heavy atom. The van der Waals surface area contributed by atoms with Crippen LogP contribution in [0.4, 0.5) is 0 Å². The van der Waals surface area contributed by atoms with E-state index in [4.69, 9.17) is 5.73 Å². The number of allylic oxidation sites excluding steroid dienone is 8. The summed E-state index contributed by atoms with van der Waals surface area (Å²) in [7, 11) is 0. The highest BCUT2D eigenvalue weighted by atomic mass is 14.6. The van der Waals surface area contributed by atoms with Gasteiger partial charge in [0.1, 0.15) is 0 Å². The van der Waals surface area contributed by atoms with Crippen LogP contribution in [0.25, 0.3) is 0 Å². The van der Waals surface area contributed by atoms with Crippen LogP contribution >= 0.6 is 0 Å². The van der Waals surface area contributed by atoms with E-state index in [1.165, 1.54) is 11.1 Å². The highest BCUT2D eigenvalue weighted by Gasteiger charge is 1.94. The topological polar surface area (TPSA) is 26.0 Å². The van der Waals surface area contributed by atoms with Crippen LogP contribution in [-0.4, -0.2) is 6.04 Å². The second-order valence-electron chi connectivity index (χ2n) is 3.67. The molecule has 0 aromatic heterocycles. The second kappa shape index (κ2) is 6.20. The molecule has 1 atom stereocenters. The van der Waals surface area contributed by atoms with Crippen molar-refractivity contribution in [3.8, 4) is 0 Å². The standard InChI is InChI=1S/C14H19N/c1-3-12(2)8-9-13-6-4-5-7-14(15)11-10-13/h3,5-11,14H,4,15H2,1-2H3/b7-5?,9-8+,11-10-,12-3+,13-6-. The van der Waals surface area contributed by atoms with Crippen LogP contribution in [0.15, 0.2) is 59.8 Å². The van der Waals surface area contributed by atoms with Crippen molar-refractivity contribution in [3.05, 3.63) is 59.8 Å². The Balaban J connectivity index is 2.73. The molecule has 0 aromatic carbocycles. The molecule has 1 aliphatic rings. The molecule has 0 heterocycles. The van der Waals surface area contributed by atoms with E-state index in [1.807, 2.05) is 19.1 Å². The monoisotopic (exact) mass is 201 g/mol. The smallest absolute Gasteiger partial charge is 0.0413 e. The first-order valence-corrected chi connectivity index (χ1v) is 5.34. The van der Waals surface area contributed by atoms with E-state index in [0.29, 0.717) is 0 Å². The lowest BCUT2D eigenvalue weighted by atomic mass is 10.1. The van der Waals surface area contributed by atoms with Crippen molar-refractivity contribution in [2.75, 3.05) is 0 Å². The molecule has 0 fully saturated rings. The third kappa shape index (κ3) is 4.61. The quantitative estimate of drug-likeness (QED) is 0.538. The van der Waals surface area contributed by atoms with E-state index >= 15 is 0 Å². The predicted molar refractivity (Wildman–Crippen MR) is 67.5 cm³/mol. The lowest BCUT2D eigenvalue weighted by Gasteiger charge is -2.02. The van der Waals surface area contributed by atoms with Crippen LogP contribution in [0.5, 0.6) is 0 Å². The highest BCUT2D eigenvalue weighted by molar-refractivity contribution is 5.36. The van der Waals surface area contributed by atoms with Crippen molar-refractivity contribution in [3.63, 3.8) is 0 Å². The molecular formula is C14H19N. The second-order valence-corrected chi connectivity index (χ2v) is 3.67. The molecule has 1 aliphatic carbocycles. The minimum absolute atomic E-state index is 0.0462. The van der Waals surface area contributed by atoms with Gasteiger partial charge in [0.05, 0.1) is 0 Å². The Bertz CT molecular complexity index is 340. The fourth-order valence-electron chi connectivity index (χ4n) is 1.24. The van der Waals surface area contributed by atoms with E-state index in [-0.39, 0.29) is 6.04 Å². The van der Waals surface area contributed by atoms with Gasteiger partial charge in [0, 0.05) is 6.04 Å². The zero-order chi connectivity index (χ0) is 11.1. The van der Waals surface area contributed by atoms with Crippen LogP contribution in [0.3, 0.4) is 0 Å². The maximum atomic E-state index is 5.81. The molecule has 0 saturated heterocycles. The van der Waals surface area contributed by atoms with Crippen molar-refractivity contribution in [2.24, 2.45) is 5.73 Å². The molecule has 15 heavy (non-hydrogen) atoms. The molecule has 0 bridgehead atoms. The van der Waals surface area contributed by atoms with Gasteiger partial charge in [-0.1, -0.05) is 54.2 Å². The number of nitrogens with two attached hydrogens (primary N) is 1. The predicted octanol–water partition coefficient (Wildman–Crippen LogP) is 3.28. The van der Waals surface area contributed by atoms with Crippen molar-refractivity contribution in [1.29, 1.82) is 0 Å². The molecule has 0 radical (unpaired) electrons. The zero-order valence-corrected chi connectivity index (χ0v) is 9.48. The largest absolute Gasteiger partial charge is 0.321 e. The van der Waals surface area contributed by atoms with Gasteiger partial charge < -0.3 is 5.73 Å². The van der Waals surface area contributed by atoms with Crippen LogP contribution in [0, 0.1) is 0 Å². The molecule has 1 rings (SSSR count). The maximum absolute atomic E-state index is 5.81. The fourth-order valence-corrected chi connectivity index (χ4v) is 1.24. The van der Waals surface area contributed by atoms with Crippen LogP contribution in [0.1, 0.15) is 20.3 Å². The third-order valence-corrected chi connectivity index (χ3v) is 2.35. The van der Waals surface area contributed by atoms with Gasteiger partial charge in [0.25, 0.3) is 0 Å². The summed E-state index contributed by atoms with van der Waals surface area (Å²) < 4.78 is 0. The van der Waals surface area contributed by atoms with Gasteiger partial charge >= 0.3 is 0 Å². The molecular weight excluding hydrogens is 182 g/mol. The molecule has 0 amide bonds. The molecule has 2 N–H and O–H groups in total. The number of rotatable bonds is 2. The maximum Gasteiger partial charge on any atom is 0.0413 e. The normalized spacial score (nSPS) is 28.3. The number of hydrogen-bond acceptors (Lipinski definition) is 1. The summed E-state index contributed by atoms with van der Waals surface area (Å²) >= 11 is 0. The molecule has 0 aliphatic heterocycles. The fraction of sp³-hybridized carbons (Fsp3) is 0.286. The first-order chi connectivity index (χ1) is 7.22. The van der Waals surface area contributed by atoms with Gasteiger partial charge in [-0.2, -0.15) is 0 Å². The van der Waals surface area contributed by atoms with Gasteiger partial charge in [-0.3, -0.25) is 0 Å². The summed E-state index contributed by atoms with van der Waals surface area (Å²) in [6.07, 6.45) is 17.7. The molecule has 0 saturated carbocycles. The van der Waals surface area contributed by atoms with Gasteiger partial charge in [-0.15, -0.1) is 0 Å². The first kappa shape index (κ1) is 11.7. The summed E-state index contributed by atoms with van der Waals surface area (Å²) in [5, 5.41) is 0. The van der Waals surface area contributed by atoms with Crippen LogP contribution in [-0.2, 0) is 0 Å². The Morgan fingerprint density at radius 1 is 1.47 bits per heavy atom. The molecule has 1 nitrogen and oxygen atoms in total. The number of hydrogen-bond donors (Lipinski definition) is 1. The van der Waals surface area contributed by atoms with Crippen molar-refractivity contribution < 1.29 is 0 Å². The van der Waals surface area contributed by atoms with E-state index in [0.717, 1.165) is 6.42 Å². The molecule has 0 aromatic rings. The summed E-state index contributed by atoms with van der Waals surface area (Å²) in [4.78, 5) is 0. The minimum atomic E-state index is 0.0462. The summed E-state index contributed by atoms with van der Waals surface area (Å²) in [6, 6.07) is 0.0462. The Hall–Kier alpha value is -1.34. The summed E-state index contributed by atoms with van der Waals surface area (Å²) in [5.41, 5.74) is 8.30. The molecule has 1 heteroatoms. The first-order valence-electron chi connectivity index (χ1n) is 5.34. The Kier molecular flexibility index (Phi) is 4.85. The van der Waals surface area contributed by atoms with E-state index < -0.39 is 0 Å². The van der Waals surface area contributed by atoms with Crippen LogP contribution in [0.2, 0.25) is 0 Å². The third-order valence-electron chi connectivity index (χ3n) is 2.35. The lowest BCUT2D eigenvalue weighted by molar-refractivity contribution is 1.01. The lowest BCUT2D eigenvalue weighted by Crippen LogP contribution is -2.13. The zero-order valence-electron chi connectivity index (χ0n) is 9.48. The van der Waals surface area contributed by atoms with Crippen LogP contribution < -0.4 is 5.73 Å². The molecule has 0 spiro atoms. The Labute approximate surface area is 92.4 Å². The highest BCUT2D eigenvalue weighted by Crippen LogP contribution is 2.08. The van der Waals surface area contributed by atoms with Gasteiger partial charge in [0.15, 0.2) is 0 Å². The summed E-state index contributed by atoms with van der Waals surface area (Å²) in [5.74, 6) is 0. The SMILES string of the molecule is C/C=C(C)/C=C/C1=C/CC=CC(N)/C=C\1. The van der Waals surface area contributed by atoms with E-state index in [2.05, 4.69) is 43.4 Å². The van der Waals surface area contributed by atoms with Gasteiger partial charge in [-0.05, 0) is 25.8 Å². The van der Waals surface area contributed by atoms with E-state index in [9.17, 15) is 0 Å². The average molecular weight is 201 g/mol. The summed E-state index contributed by atoms with van der Waals surface area (Å²) in [6.45, 7) is 4.13. The average Bonchev–Trinajstić information content (AvgIpc) is 2.22. The molecule has 80 valence electrons. The Morgan fingerprint density at radius 2 is 2.27 bits per heavy atom. The van der Waals surface area contributed by atoms with Gasteiger partial charge in [-0.25, -0.2) is 0 Å². The minimum Gasteiger partial charge on any atom is -0.321 e. The van der Waals surface area contributed by atoms with E-state index in [1.54, 1.807) is 0 Å².